The van der Waals surface area contributed by atoms with Crippen molar-refractivity contribution in [3.05, 3.63) is 83.2 Å². The second-order valence-corrected chi connectivity index (χ2v) is 7.79. The van der Waals surface area contributed by atoms with Crippen LogP contribution in [0.15, 0.2) is 73.1 Å². The number of hydrogen-bond acceptors (Lipinski definition) is 7. The summed E-state index contributed by atoms with van der Waals surface area (Å²) in [6.45, 7) is 3.83. The number of aromatic nitrogens is 3. The van der Waals surface area contributed by atoms with Gasteiger partial charge in [0.05, 0.1) is 22.5 Å². The normalized spacial score (nSPS) is 14.6. The number of anilines is 4. The highest BCUT2D eigenvalue weighted by atomic mass is 16.6. The Morgan fingerprint density at radius 3 is 2.44 bits per heavy atom. The number of rotatable bonds is 5. The predicted octanol–water partition coefficient (Wildman–Crippen LogP) is 3.86. The van der Waals surface area contributed by atoms with E-state index >= 15 is 0 Å². The quantitative estimate of drug-likeness (QED) is 0.352. The maximum absolute atomic E-state index is 11.2. The fourth-order valence-electron chi connectivity index (χ4n) is 4.08. The van der Waals surface area contributed by atoms with Crippen LogP contribution in [-0.2, 0) is 0 Å². The molecule has 0 saturated carbocycles. The van der Waals surface area contributed by atoms with Crippen molar-refractivity contribution in [1.82, 2.24) is 19.5 Å². The van der Waals surface area contributed by atoms with Crippen molar-refractivity contribution in [2.45, 2.75) is 0 Å². The molecule has 0 radical (unpaired) electrons. The number of hydrogen-bond donors (Lipinski definition) is 0. The van der Waals surface area contributed by atoms with Crippen LogP contribution in [-0.4, -0.2) is 57.6 Å². The minimum absolute atomic E-state index is 0.0556. The van der Waals surface area contributed by atoms with Gasteiger partial charge in [-0.1, -0.05) is 12.1 Å². The summed E-state index contributed by atoms with van der Waals surface area (Å²) >= 11 is 0. The van der Waals surface area contributed by atoms with E-state index in [0.717, 1.165) is 54.7 Å². The monoisotopic (exact) mass is 429 g/mol. The van der Waals surface area contributed by atoms with Gasteiger partial charge in [0.1, 0.15) is 5.82 Å². The minimum atomic E-state index is -0.384. The highest BCUT2D eigenvalue weighted by molar-refractivity contribution is 5.84. The molecule has 0 unspecified atom stereocenters. The summed E-state index contributed by atoms with van der Waals surface area (Å²) in [6, 6.07) is 18.6. The molecule has 0 aliphatic carbocycles. The molecule has 5 rings (SSSR count). The largest absolute Gasteiger partial charge is 0.367 e. The zero-order valence-corrected chi connectivity index (χ0v) is 17.7. The summed E-state index contributed by atoms with van der Waals surface area (Å²) in [5.74, 6) is 0.801. The molecule has 1 fully saturated rings. The Hall–Kier alpha value is -3.98. The fourth-order valence-corrected chi connectivity index (χ4v) is 4.08. The van der Waals surface area contributed by atoms with Crippen molar-refractivity contribution >= 4 is 34.2 Å². The van der Waals surface area contributed by atoms with Gasteiger partial charge in [-0.05, 0) is 37.4 Å². The molecular formula is C23H23N7O2. The van der Waals surface area contributed by atoms with E-state index in [1.54, 1.807) is 29.0 Å². The summed E-state index contributed by atoms with van der Waals surface area (Å²) in [7, 11) is 2.14. The molecule has 2 aromatic carbocycles. The van der Waals surface area contributed by atoms with E-state index in [0.29, 0.717) is 0 Å². The van der Waals surface area contributed by atoms with Crippen LogP contribution in [0, 0.1) is 10.1 Å². The summed E-state index contributed by atoms with van der Waals surface area (Å²) in [4.78, 5) is 22.0. The number of likely N-dealkylation sites (N-methyl/N-ethyl adjacent to an activating group) is 1. The van der Waals surface area contributed by atoms with Crippen molar-refractivity contribution in [2.24, 2.45) is 0 Å². The molecule has 3 heterocycles. The van der Waals surface area contributed by atoms with Crippen LogP contribution in [0.4, 0.5) is 28.6 Å². The lowest BCUT2D eigenvalue weighted by atomic mass is 10.1. The Balaban J connectivity index is 1.68. The third-order valence-electron chi connectivity index (χ3n) is 5.78. The highest BCUT2D eigenvalue weighted by Crippen LogP contribution is 2.40. The van der Waals surface area contributed by atoms with Crippen LogP contribution in [0.3, 0.4) is 0 Å². The summed E-state index contributed by atoms with van der Waals surface area (Å²) in [5.41, 5.74) is 3.68. The molecule has 1 aliphatic rings. The number of non-ortho nitro benzene ring substituents is 1. The Kier molecular flexibility index (Phi) is 5.16. The van der Waals surface area contributed by atoms with Crippen LogP contribution in [0.2, 0.25) is 0 Å². The molecule has 2 aromatic heterocycles. The molecule has 162 valence electrons. The molecule has 32 heavy (non-hydrogen) atoms. The SMILES string of the molecule is CN1CCN(c2ccccc2N(c2ccc([N+](=O)[O-])cc2)c2ccnc3ccnn23)CC1. The average Bonchev–Trinajstić information content (AvgIpc) is 3.30. The zero-order valence-electron chi connectivity index (χ0n) is 17.7. The molecular weight excluding hydrogens is 406 g/mol. The van der Waals surface area contributed by atoms with Gasteiger partial charge in [0, 0.05) is 56.3 Å². The maximum atomic E-state index is 11.2. The summed E-state index contributed by atoms with van der Waals surface area (Å²) in [6.07, 6.45) is 3.47. The third-order valence-corrected chi connectivity index (χ3v) is 5.78. The van der Waals surface area contributed by atoms with Gasteiger partial charge >= 0.3 is 0 Å². The van der Waals surface area contributed by atoms with E-state index in [1.807, 2.05) is 24.3 Å². The number of nitrogens with zero attached hydrogens (tertiary/aromatic N) is 7. The maximum Gasteiger partial charge on any atom is 0.269 e. The molecule has 0 amide bonds. The number of nitro benzene ring substituents is 1. The smallest absolute Gasteiger partial charge is 0.269 e. The first-order chi connectivity index (χ1) is 15.6. The van der Waals surface area contributed by atoms with Gasteiger partial charge in [0.15, 0.2) is 5.65 Å². The van der Waals surface area contributed by atoms with Gasteiger partial charge in [-0.3, -0.25) is 15.0 Å². The van der Waals surface area contributed by atoms with E-state index < -0.39 is 0 Å². The number of nitro groups is 1. The van der Waals surface area contributed by atoms with Crippen LogP contribution >= 0.6 is 0 Å². The van der Waals surface area contributed by atoms with Gasteiger partial charge in [0.2, 0.25) is 0 Å². The Morgan fingerprint density at radius 1 is 0.938 bits per heavy atom. The fraction of sp³-hybridized carbons (Fsp3) is 0.217. The standard InChI is InChI=1S/C23H23N7O2/c1-26-14-16-27(17-15-26)20-4-2-3-5-21(20)28(18-6-8-19(9-7-18)30(31)32)23-11-12-24-22-10-13-25-29(22)23/h2-13H,14-17H2,1H3. The lowest BCUT2D eigenvalue weighted by molar-refractivity contribution is -0.384. The summed E-state index contributed by atoms with van der Waals surface area (Å²) in [5, 5.41) is 15.7. The lowest BCUT2D eigenvalue weighted by Gasteiger charge is -2.37. The van der Waals surface area contributed by atoms with Crippen molar-refractivity contribution in [3.8, 4) is 0 Å². The molecule has 9 nitrogen and oxygen atoms in total. The second-order valence-electron chi connectivity index (χ2n) is 7.79. The number of piperazine rings is 1. The van der Waals surface area contributed by atoms with E-state index in [1.165, 1.54) is 12.1 Å². The Bertz CT molecular complexity index is 1250. The molecule has 0 atom stereocenters. The van der Waals surface area contributed by atoms with Crippen LogP contribution in [0.5, 0.6) is 0 Å². The molecule has 9 heteroatoms. The lowest BCUT2D eigenvalue weighted by Crippen LogP contribution is -2.44. The number of para-hydroxylation sites is 2. The molecule has 1 saturated heterocycles. The first kappa shape index (κ1) is 20.0. The van der Waals surface area contributed by atoms with Crippen molar-refractivity contribution < 1.29 is 4.92 Å². The van der Waals surface area contributed by atoms with Gasteiger partial charge in [-0.25, -0.2) is 4.98 Å². The van der Waals surface area contributed by atoms with E-state index in [4.69, 9.17) is 0 Å². The number of fused-ring (bicyclic) bond motifs is 1. The van der Waals surface area contributed by atoms with E-state index in [2.05, 4.69) is 44.0 Å². The van der Waals surface area contributed by atoms with E-state index in [-0.39, 0.29) is 10.6 Å². The minimum Gasteiger partial charge on any atom is -0.367 e. The van der Waals surface area contributed by atoms with E-state index in [9.17, 15) is 10.1 Å². The second kappa shape index (κ2) is 8.27. The summed E-state index contributed by atoms with van der Waals surface area (Å²) < 4.78 is 1.78. The molecule has 0 bridgehead atoms. The number of benzene rings is 2. The van der Waals surface area contributed by atoms with Gasteiger partial charge < -0.3 is 9.80 Å². The van der Waals surface area contributed by atoms with Crippen LogP contribution < -0.4 is 9.80 Å². The van der Waals surface area contributed by atoms with Crippen LogP contribution in [0.25, 0.3) is 5.65 Å². The Labute approximate surface area is 185 Å². The molecule has 4 aromatic rings. The predicted molar refractivity (Wildman–Crippen MR) is 124 cm³/mol. The van der Waals surface area contributed by atoms with Gasteiger partial charge in [-0.15, -0.1) is 0 Å². The highest BCUT2D eigenvalue weighted by Gasteiger charge is 2.23. The average molecular weight is 429 g/mol. The molecule has 0 N–H and O–H groups in total. The van der Waals surface area contributed by atoms with Crippen molar-refractivity contribution in [1.29, 1.82) is 0 Å². The molecule has 0 spiro atoms. The van der Waals surface area contributed by atoms with Crippen LogP contribution in [0.1, 0.15) is 0 Å². The molecule has 1 aliphatic heterocycles. The zero-order chi connectivity index (χ0) is 22.1. The van der Waals surface area contributed by atoms with Gasteiger partial charge in [0.25, 0.3) is 5.69 Å². The van der Waals surface area contributed by atoms with Gasteiger partial charge in [-0.2, -0.15) is 9.61 Å². The Morgan fingerprint density at radius 2 is 1.69 bits per heavy atom. The first-order valence-corrected chi connectivity index (χ1v) is 10.5. The van der Waals surface area contributed by atoms with Crippen molar-refractivity contribution in [2.75, 3.05) is 43.0 Å². The van der Waals surface area contributed by atoms with Crippen molar-refractivity contribution in [3.63, 3.8) is 0 Å². The third kappa shape index (κ3) is 3.63. The topological polar surface area (TPSA) is 83.0 Å². The first-order valence-electron chi connectivity index (χ1n) is 10.5.